The van der Waals surface area contributed by atoms with E-state index in [0.29, 0.717) is 17.4 Å². The van der Waals surface area contributed by atoms with E-state index < -0.39 is 26.5 Å². The molecule has 0 spiro atoms. The number of likely N-dealkylation sites (N-methyl/N-ethyl adjacent to an activating group) is 1. The van der Waals surface area contributed by atoms with E-state index in [9.17, 15) is 19.0 Å². The van der Waals surface area contributed by atoms with Crippen molar-refractivity contribution in [2.75, 3.05) is 47.5 Å². The van der Waals surface area contributed by atoms with Gasteiger partial charge in [-0.15, -0.1) is 0 Å². The smallest absolute Gasteiger partial charge is 0.462 e. The molecule has 9 nitrogen and oxygen atoms in total. The van der Waals surface area contributed by atoms with Gasteiger partial charge in [-0.2, -0.15) is 0 Å². The Morgan fingerprint density at radius 2 is 0.826 bits per heavy atom. The third-order valence-electron chi connectivity index (χ3n) is 12.0. The number of hydrogen-bond donors (Lipinski definition) is 1. The van der Waals surface area contributed by atoms with E-state index in [0.717, 1.165) is 83.5 Å². The molecule has 1 N–H and O–H groups in total. The van der Waals surface area contributed by atoms with Crippen molar-refractivity contribution >= 4 is 19.8 Å². The number of rotatable bonds is 51. The minimum Gasteiger partial charge on any atom is -0.462 e. The number of carbonyl (C=O) groups is 2. The summed E-state index contributed by atoms with van der Waals surface area (Å²) in [6.07, 6.45) is 65.3. The molecule has 0 aromatic heterocycles. The van der Waals surface area contributed by atoms with Gasteiger partial charge in [0.25, 0.3) is 0 Å². The summed E-state index contributed by atoms with van der Waals surface area (Å²) in [6.45, 7) is 4.33. The lowest BCUT2D eigenvalue weighted by atomic mass is 10.0. The molecule has 0 aromatic carbocycles. The molecule has 0 rings (SSSR count). The highest BCUT2D eigenvalue weighted by Crippen LogP contribution is 2.43. The van der Waals surface area contributed by atoms with Crippen LogP contribution in [0, 0.1) is 0 Å². The Hall–Kier alpha value is -2.55. The zero-order chi connectivity index (χ0) is 50.6. The Morgan fingerprint density at radius 1 is 0.464 bits per heavy atom. The molecule has 0 aliphatic carbocycles. The minimum atomic E-state index is -4.39. The van der Waals surface area contributed by atoms with Crippen LogP contribution in [0.1, 0.15) is 239 Å². The number of esters is 2. The van der Waals surface area contributed by atoms with Crippen LogP contribution in [0.5, 0.6) is 0 Å². The second-order valence-electron chi connectivity index (χ2n) is 19.9. The first kappa shape index (κ1) is 66.5. The molecule has 0 aromatic rings. The molecule has 2 atom stereocenters. The first-order valence-electron chi connectivity index (χ1n) is 28.2. The maximum absolute atomic E-state index is 12.8. The van der Waals surface area contributed by atoms with Gasteiger partial charge in [0.1, 0.15) is 19.8 Å². The molecule has 0 aliphatic heterocycles. The normalized spacial score (nSPS) is 13.9. The van der Waals surface area contributed by atoms with Crippen molar-refractivity contribution in [3.05, 3.63) is 72.9 Å². The SMILES string of the molecule is CC/C=C\C/C=C\C/C=C\C/C=C\C/C=C\C/C=C\CCCCCCCCCCCCC(=O)OC(COC(=O)CCCCCCCCCCCCCCCCCC)COP(=O)(O)OCC[N+](C)(C)C. The number of phosphoric acid groups is 1. The van der Waals surface area contributed by atoms with Crippen LogP contribution in [0.2, 0.25) is 0 Å². The molecule has 0 saturated carbocycles. The van der Waals surface area contributed by atoms with Crippen molar-refractivity contribution in [1.82, 2.24) is 0 Å². The van der Waals surface area contributed by atoms with E-state index in [1.807, 2.05) is 21.1 Å². The average Bonchev–Trinajstić information content (AvgIpc) is 3.31. The van der Waals surface area contributed by atoms with Gasteiger partial charge in [0.2, 0.25) is 0 Å². The van der Waals surface area contributed by atoms with Crippen LogP contribution in [0.15, 0.2) is 72.9 Å². The molecule has 0 bridgehead atoms. The maximum atomic E-state index is 12.8. The van der Waals surface area contributed by atoms with E-state index in [1.54, 1.807) is 0 Å². The van der Waals surface area contributed by atoms with Crippen molar-refractivity contribution in [3.8, 4) is 0 Å². The second kappa shape index (κ2) is 50.4. The van der Waals surface area contributed by atoms with Crippen LogP contribution in [0.3, 0.4) is 0 Å². The van der Waals surface area contributed by atoms with Crippen LogP contribution >= 0.6 is 7.82 Å². The fraction of sp³-hybridized carbons (Fsp3) is 0.763. The molecule has 0 saturated heterocycles. The topological polar surface area (TPSA) is 108 Å². The van der Waals surface area contributed by atoms with Gasteiger partial charge in [0.05, 0.1) is 27.7 Å². The predicted octanol–water partition coefficient (Wildman–Crippen LogP) is 17.3. The van der Waals surface area contributed by atoms with Gasteiger partial charge in [-0.05, 0) is 64.2 Å². The number of allylic oxidation sites excluding steroid dienone is 12. The van der Waals surface area contributed by atoms with Crippen LogP contribution in [0.25, 0.3) is 0 Å². The maximum Gasteiger partial charge on any atom is 0.472 e. The number of carbonyl (C=O) groups excluding carboxylic acids is 2. The average molecular weight is 989 g/mol. The van der Waals surface area contributed by atoms with Gasteiger partial charge >= 0.3 is 19.8 Å². The third-order valence-corrected chi connectivity index (χ3v) is 13.0. The van der Waals surface area contributed by atoms with Crippen molar-refractivity contribution < 1.29 is 42.1 Å². The number of quaternary nitrogens is 1. The fourth-order valence-electron chi connectivity index (χ4n) is 7.67. The molecule has 10 heteroatoms. The molecule has 2 unspecified atom stereocenters. The van der Waals surface area contributed by atoms with E-state index in [1.165, 1.54) is 122 Å². The Kier molecular flexibility index (Phi) is 48.5. The zero-order valence-corrected chi connectivity index (χ0v) is 46.2. The highest BCUT2D eigenvalue weighted by atomic mass is 31.2. The Bertz CT molecular complexity index is 1400. The highest BCUT2D eigenvalue weighted by molar-refractivity contribution is 7.47. The van der Waals surface area contributed by atoms with E-state index in [-0.39, 0.29) is 32.0 Å². The van der Waals surface area contributed by atoms with Crippen molar-refractivity contribution in [2.45, 2.75) is 245 Å². The zero-order valence-electron chi connectivity index (χ0n) is 45.3. The van der Waals surface area contributed by atoms with Crippen LogP contribution < -0.4 is 0 Å². The number of phosphoric ester groups is 1. The second-order valence-corrected chi connectivity index (χ2v) is 21.4. The van der Waals surface area contributed by atoms with Crippen LogP contribution in [-0.4, -0.2) is 74.9 Å². The first-order chi connectivity index (χ1) is 33.5. The van der Waals surface area contributed by atoms with Gasteiger partial charge in [0.15, 0.2) is 6.10 Å². The van der Waals surface area contributed by atoms with Gasteiger partial charge in [-0.1, -0.05) is 234 Å². The van der Waals surface area contributed by atoms with Gasteiger partial charge in [0, 0.05) is 12.8 Å². The van der Waals surface area contributed by atoms with E-state index in [2.05, 4.69) is 86.8 Å². The summed E-state index contributed by atoms with van der Waals surface area (Å²) in [5.41, 5.74) is 0. The Morgan fingerprint density at radius 3 is 1.23 bits per heavy atom. The van der Waals surface area contributed by atoms with E-state index in [4.69, 9.17) is 18.5 Å². The number of nitrogens with zero attached hydrogens (tertiary/aromatic N) is 1. The largest absolute Gasteiger partial charge is 0.472 e. The minimum absolute atomic E-state index is 0.0295. The Labute approximate surface area is 425 Å². The molecule has 400 valence electrons. The number of unbranched alkanes of at least 4 members (excludes halogenated alkanes) is 25. The van der Waals surface area contributed by atoms with Gasteiger partial charge < -0.3 is 18.9 Å². The lowest BCUT2D eigenvalue weighted by molar-refractivity contribution is -0.870. The van der Waals surface area contributed by atoms with Crippen LogP contribution in [-0.2, 0) is 32.7 Å². The molecule has 0 fully saturated rings. The van der Waals surface area contributed by atoms with Crippen molar-refractivity contribution in [2.24, 2.45) is 0 Å². The van der Waals surface area contributed by atoms with Gasteiger partial charge in [-0.3, -0.25) is 18.6 Å². The molecule has 69 heavy (non-hydrogen) atoms. The first-order valence-corrected chi connectivity index (χ1v) is 29.7. The summed E-state index contributed by atoms with van der Waals surface area (Å²) in [6, 6.07) is 0. The molecular weight excluding hydrogens is 882 g/mol. The summed E-state index contributed by atoms with van der Waals surface area (Å²) < 4.78 is 34.5. The summed E-state index contributed by atoms with van der Waals surface area (Å²) >= 11 is 0. The molecular formula is C59H107NO8P+. The summed E-state index contributed by atoms with van der Waals surface area (Å²) in [7, 11) is 1.47. The van der Waals surface area contributed by atoms with Crippen molar-refractivity contribution in [3.63, 3.8) is 0 Å². The molecule has 0 heterocycles. The molecule has 0 radical (unpaired) electrons. The number of ether oxygens (including phenoxy) is 2. The van der Waals surface area contributed by atoms with Gasteiger partial charge in [-0.25, -0.2) is 4.57 Å². The molecule has 0 aliphatic rings. The van der Waals surface area contributed by atoms with Crippen molar-refractivity contribution in [1.29, 1.82) is 0 Å². The predicted molar refractivity (Wildman–Crippen MR) is 293 cm³/mol. The van der Waals surface area contributed by atoms with Crippen LogP contribution in [0.4, 0.5) is 0 Å². The third kappa shape index (κ3) is 54.6. The van der Waals surface area contributed by atoms with E-state index >= 15 is 0 Å². The quantitative estimate of drug-likeness (QED) is 0.0211. The highest BCUT2D eigenvalue weighted by Gasteiger charge is 2.27. The number of hydrogen-bond acceptors (Lipinski definition) is 7. The summed E-state index contributed by atoms with van der Waals surface area (Å²) in [4.78, 5) is 35.6. The lowest BCUT2D eigenvalue weighted by Crippen LogP contribution is -2.37. The molecule has 0 amide bonds. The summed E-state index contributed by atoms with van der Waals surface area (Å²) in [5.74, 6) is -0.797. The lowest BCUT2D eigenvalue weighted by Gasteiger charge is -2.24. The Balaban J connectivity index is 4.17. The fourth-order valence-corrected chi connectivity index (χ4v) is 8.41. The summed E-state index contributed by atoms with van der Waals surface area (Å²) in [5, 5.41) is 0. The monoisotopic (exact) mass is 989 g/mol. The standard InChI is InChI=1S/C59H106NO8P/c1-6-8-10-12-14-16-18-20-22-24-25-26-27-28-29-30-31-32-33-34-35-36-38-40-42-44-46-48-50-52-59(62)68-57(56-67-69(63,64)66-54-53-60(3,4)5)55-65-58(61)51-49-47-45-43-41-39-37-23-21-19-17-15-13-11-9-7-2/h8,10,14,16,20,22,25-26,28-29,31-32,57H,6-7,9,11-13,15,17-19,21,23-24,27,30,33-56H2,1-5H3/p+1/b10-8-,16-14-,22-20-,26-25-,29-28-,32-31-.